The van der Waals surface area contributed by atoms with Crippen molar-refractivity contribution < 1.29 is 5.11 Å². The van der Waals surface area contributed by atoms with E-state index in [1.165, 1.54) is 6.33 Å². The summed E-state index contributed by atoms with van der Waals surface area (Å²) in [5.74, 6) is 0.756. The number of fused-ring (bicyclic) bond motifs is 1. The average Bonchev–Trinajstić information content (AvgIpc) is 2.94. The molecule has 0 aliphatic heterocycles. The fraction of sp³-hybridized carbons (Fsp3) is 0.333. The molecule has 3 N–H and O–H groups in total. The highest BCUT2D eigenvalue weighted by Gasteiger charge is 2.21. The van der Waals surface area contributed by atoms with Crippen LogP contribution in [0.25, 0.3) is 11.0 Å². The van der Waals surface area contributed by atoms with E-state index in [-0.39, 0.29) is 18.6 Å². The summed E-state index contributed by atoms with van der Waals surface area (Å²) >= 11 is 0. The number of hydrogen-bond acceptors (Lipinski definition) is 4. The average molecular weight is 230 g/mol. The van der Waals surface area contributed by atoms with Gasteiger partial charge in [0.2, 0.25) is 0 Å². The molecule has 5 heteroatoms. The molecule has 0 radical (unpaired) electrons. The molecule has 0 saturated heterocycles. The van der Waals surface area contributed by atoms with Gasteiger partial charge in [-0.1, -0.05) is 12.2 Å². The zero-order valence-corrected chi connectivity index (χ0v) is 9.32. The monoisotopic (exact) mass is 230 g/mol. The van der Waals surface area contributed by atoms with Crippen LogP contribution in [0.15, 0.2) is 30.7 Å². The summed E-state index contributed by atoms with van der Waals surface area (Å²) in [7, 11) is 0. The topological polar surface area (TPSA) is 77.0 Å². The number of aliphatic hydroxyl groups is 1. The number of hydrogen-bond donors (Lipinski definition) is 2. The summed E-state index contributed by atoms with van der Waals surface area (Å²) in [5.41, 5.74) is 6.65. The Balaban J connectivity index is 2.02. The predicted molar refractivity (Wildman–Crippen MR) is 65.3 cm³/mol. The summed E-state index contributed by atoms with van der Waals surface area (Å²) < 4.78 is 2.08. The highest BCUT2D eigenvalue weighted by atomic mass is 16.3. The minimum Gasteiger partial charge on any atom is -0.396 e. The lowest BCUT2D eigenvalue weighted by molar-refractivity contribution is 0.244. The molecule has 0 bridgehead atoms. The third-order valence-electron chi connectivity index (χ3n) is 3.28. The maximum Gasteiger partial charge on any atom is 0.146 e. The highest BCUT2D eigenvalue weighted by molar-refractivity contribution is 5.86. The fourth-order valence-corrected chi connectivity index (χ4v) is 2.35. The van der Waals surface area contributed by atoms with Gasteiger partial charge in [0.1, 0.15) is 17.8 Å². The molecule has 1 aliphatic rings. The summed E-state index contributed by atoms with van der Waals surface area (Å²) in [6.45, 7) is 0.198. The molecule has 17 heavy (non-hydrogen) atoms. The van der Waals surface area contributed by atoms with Crippen LogP contribution in [0.2, 0.25) is 0 Å². The number of aromatic nitrogens is 3. The molecule has 0 amide bonds. The lowest BCUT2D eigenvalue weighted by atomic mass is 10.1. The van der Waals surface area contributed by atoms with E-state index in [4.69, 9.17) is 10.8 Å². The van der Waals surface area contributed by atoms with Crippen LogP contribution in [0.3, 0.4) is 0 Å². The molecular formula is C12H14N4O. The van der Waals surface area contributed by atoms with Gasteiger partial charge >= 0.3 is 0 Å². The largest absolute Gasteiger partial charge is 0.396 e. The van der Waals surface area contributed by atoms with E-state index >= 15 is 0 Å². The van der Waals surface area contributed by atoms with Crippen LogP contribution in [0, 0.1) is 5.92 Å². The molecule has 0 unspecified atom stereocenters. The Morgan fingerprint density at radius 1 is 1.41 bits per heavy atom. The van der Waals surface area contributed by atoms with Gasteiger partial charge in [0.15, 0.2) is 0 Å². The maximum atomic E-state index is 9.13. The molecule has 2 aromatic heterocycles. The zero-order valence-electron chi connectivity index (χ0n) is 9.32. The smallest absolute Gasteiger partial charge is 0.146 e. The highest BCUT2D eigenvalue weighted by Crippen LogP contribution is 2.31. The Hall–Kier alpha value is -1.88. The molecule has 0 saturated carbocycles. The van der Waals surface area contributed by atoms with Gasteiger partial charge in [-0.05, 0) is 12.5 Å². The molecule has 1 aliphatic carbocycles. The zero-order chi connectivity index (χ0) is 11.8. The molecule has 0 fully saturated rings. The Labute approximate surface area is 98.6 Å². The van der Waals surface area contributed by atoms with Crippen LogP contribution >= 0.6 is 0 Å². The molecule has 2 heterocycles. The number of rotatable bonds is 2. The third kappa shape index (κ3) is 1.59. The van der Waals surface area contributed by atoms with Gasteiger partial charge in [0.25, 0.3) is 0 Å². The van der Waals surface area contributed by atoms with Crippen LogP contribution in [-0.4, -0.2) is 26.2 Å². The van der Waals surface area contributed by atoms with Crippen LogP contribution in [-0.2, 0) is 0 Å². The van der Waals surface area contributed by atoms with E-state index in [2.05, 4.69) is 26.7 Å². The Bertz CT molecular complexity index is 575. The molecule has 0 spiro atoms. The molecule has 88 valence electrons. The van der Waals surface area contributed by atoms with E-state index in [1.54, 1.807) is 0 Å². The Kier molecular flexibility index (Phi) is 2.33. The van der Waals surface area contributed by atoms with Crippen molar-refractivity contribution in [2.45, 2.75) is 12.5 Å². The first-order valence-electron chi connectivity index (χ1n) is 5.66. The molecule has 2 atom stereocenters. The van der Waals surface area contributed by atoms with Crippen LogP contribution in [0.5, 0.6) is 0 Å². The number of anilines is 1. The van der Waals surface area contributed by atoms with Crippen molar-refractivity contribution in [3.05, 3.63) is 30.7 Å². The SMILES string of the molecule is Nc1ncnc2c1ccn2[C@H]1C=C[C@@H](CO)C1. The Morgan fingerprint density at radius 3 is 3.06 bits per heavy atom. The first kappa shape index (κ1) is 10.3. The van der Waals surface area contributed by atoms with Gasteiger partial charge in [0.05, 0.1) is 11.4 Å². The van der Waals surface area contributed by atoms with Gasteiger partial charge in [-0.25, -0.2) is 9.97 Å². The lowest BCUT2D eigenvalue weighted by Crippen LogP contribution is -2.07. The van der Waals surface area contributed by atoms with E-state index < -0.39 is 0 Å². The molecular weight excluding hydrogens is 216 g/mol. The summed E-state index contributed by atoms with van der Waals surface area (Å²) in [4.78, 5) is 8.25. The maximum absolute atomic E-state index is 9.13. The quantitative estimate of drug-likeness (QED) is 0.758. The molecule has 5 nitrogen and oxygen atoms in total. The second kappa shape index (κ2) is 3.85. The van der Waals surface area contributed by atoms with Crippen molar-refractivity contribution in [3.63, 3.8) is 0 Å². The van der Waals surface area contributed by atoms with Gasteiger partial charge in [-0.2, -0.15) is 0 Å². The second-order valence-electron chi connectivity index (χ2n) is 4.35. The van der Waals surface area contributed by atoms with E-state index in [1.807, 2.05) is 12.3 Å². The number of nitrogens with two attached hydrogens (primary N) is 1. The molecule has 0 aromatic carbocycles. The predicted octanol–water partition coefficient (Wildman–Crippen LogP) is 1.12. The van der Waals surface area contributed by atoms with Gasteiger partial charge in [-0.3, -0.25) is 0 Å². The van der Waals surface area contributed by atoms with Crippen molar-refractivity contribution >= 4 is 16.9 Å². The third-order valence-corrected chi connectivity index (χ3v) is 3.28. The Morgan fingerprint density at radius 2 is 2.29 bits per heavy atom. The second-order valence-corrected chi connectivity index (χ2v) is 4.35. The number of aliphatic hydroxyl groups excluding tert-OH is 1. The minimum absolute atomic E-state index is 0.198. The van der Waals surface area contributed by atoms with Crippen LogP contribution < -0.4 is 5.73 Å². The van der Waals surface area contributed by atoms with Gasteiger partial charge < -0.3 is 15.4 Å². The van der Waals surface area contributed by atoms with Crippen molar-refractivity contribution in [1.29, 1.82) is 0 Å². The summed E-state index contributed by atoms with van der Waals surface area (Å²) in [6, 6.07) is 2.18. The standard InChI is InChI=1S/C12H14N4O/c13-11-10-3-4-16(12(10)15-7-14-11)9-2-1-8(5-9)6-17/h1-4,7-9,17H,5-6H2,(H2,13,14,15)/t8-,9+/m1/s1. The first-order valence-corrected chi connectivity index (χ1v) is 5.66. The van der Waals surface area contributed by atoms with E-state index in [0.29, 0.717) is 5.82 Å². The van der Waals surface area contributed by atoms with Crippen molar-refractivity contribution in [1.82, 2.24) is 14.5 Å². The lowest BCUT2D eigenvalue weighted by Gasteiger charge is -2.13. The van der Waals surface area contributed by atoms with E-state index in [0.717, 1.165) is 17.5 Å². The fourth-order valence-electron chi connectivity index (χ4n) is 2.35. The first-order chi connectivity index (χ1) is 8.29. The van der Waals surface area contributed by atoms with Crippen LogP contribution in [0.1, 0.15) is 12.5 Å². The van der Waals surface area contributed by atoms with Crippen molar-refractivity contribution in [2.75, 3.05) is 12.3 Å². The van der Waals surface area contributed by atoms with E-state index in [9.17, 15) is 0 Å². The van der Waals surface area contributed by atoms with Gasteiger partial charge in [0, 0.05) is 18.7 Å². The summed E-state index contributed by atoms with van der Waals surface area (Å²) in [6.07, 6.45) is 8.53. The number of nitrogen functional groups attached to an aromatic ring is 1. The normalized spacial score (nSPS) is 23.6. The van der Waals surface area contributed by atoms with Crippen LogP contribution in [0.4, 0.5) is 5.82 Å². The van der Waals surface area contributed by atoms with Crippen molar-refractivity contribution in [2.24, 2.45) is 5.92 Å². The molecule has 2 aromatic rings. The van der Waals surface area contributed by atoms with Gasteiger partial charge in [-0.15, -0.1) is 0 Å². The van der Waals surface area contributed by atoms with Crippen molar-refractivity contribution in [3.8, 4) is 0 Å². The number of allylic oxidation sites excluding steroid dienone is 1. The number of nitrogens with zero attached hydrogens (tertiary/aromatic N) is 3. The molecule has 3 rings (SSSR count). The minimum atomic E-state index is 0.198. The summed E-state index contributed by atoms with van der Waals surface area (Å²) in [5, 5.41) is 10.0.